The molecule has 2 N–H and O–H groups in total. The molecule has 0 saturated heterocycles. The van der Waals surface area contributed by atoms with Crippen molar-refractivity contribution in [1.29, 1.82) is 0 Å². The maximum absolute atomic E-state index is 11.7. The highest BCUT2D eigenvalue weighted by molar-refractivity contribution is 9.13. The van der Waals surface area contributed by atoms with Crippen molar-refractivity contribution in [3.05, 3.63) is 19.2 Å². The van der Waals surface area contributed by atoms with Crippen molar-refractivity contribution in [2.45, 2.75) is 52.8 Å². The number of thiophene rings is 1. The van der Waals surface area contributed by atoms with E-state index in [1.165, 1.54) is 4.88 Å². The zero-order chi connectivity index (χ0) is 16.9. The van der Waals surface area contributed by atoms with Gasteiger partial charge < -0.3 is 15.4 Å². The molecule has 0 fully saturated rings. The van der Waals surface area contributed by atoms with Crippen molar-refractivity contribution in [3.8, 4) is 0 Å². The number of ether oxygens (including phenoxy) is 1. The van der Waals surface area contributed by atoms with Crippen molar-refractivity contribution in [2.24, 2.45) is 5.92 Å². The second kappa shape index (κ2) is 8.66. The molecule has 22 heavy (non-hydrogen) atoms. The molecule has 1 rings (SSSR count). The fourth-order valence-corrected chi connectivity index (χ4v) is 3.89. The first kappa shape index (κ1) is 19.9. The van der Waals surface area contributed by atoms with Gasteiger partial charge in [-0.05, 0) is 64.6 Å². The lowest BCUT2D eigenvalue weighted by Gasteiger charge is -2.24. The fraction of sp³-hybridized carbons (Fsp3) is 0.667. The Balaban J connectivity index is 2.47. The monoisotopic (exact) mass is 454 g/mol. The van der Waals surface area contributed by atoms with Crippen LogP contribution in [0.1, 0.15) is 39.5 Å². The molecule has 0 bridgehead atoms. The summed E-state index contributed by atoms with van der Waals surface area (Å²) in [5.74, 6) is 0.404. The zero-order valence-electron chi connectivity index (χ0n) is 13.6. The number of hydrogen-bond acceptors (Lipinski definition) is 4. The number of nitrogens with one attached hydrogen (secondary N) is 2. The molecule has 0 aromatic carbocycles. The third-order valence-corrected chi connectivity index (χ3v) is 6.16. The molecular formula is C15H24Br2N2O2S. The smallest absolute Gasteiger partial charge is 0.407 e. The van der Waals surface area contributed by atoms with E-state index >= 15 is 0 Å². The zero-order valence-corrected chi connectivity index (χ0v) is 17.6. The molecule has 4 nitrogen and oxygen atoms in total. The average molecular weight is 456 g/mol. The van der Waals surface area contributed by atoms with Crippen LogP contribution in [0.5, 0.6) is 0 Å². The van der Waals surface area contributed by atoms with Crippen LogP contribution in [0.3, 0.4) is 0 Å². The van der Waals surface area contributed by atoms with Crippen LogP contribution in [0.4, 0.5) is 4.79 Å². The third-order valence-electron chi connectivity index (χ3n) is 2.90. The molecule has 0 aliphatic rings. The highest BCUT2D eigenvalue weighted by atomic mass is 79.9. The van der Waals surface area contributed by atoms with Gasteiger partial charge in [0.05, 0.1) is 3.79 Å². The van der Waals surface area contributed by atoms with E-state index in [-0.39, 0.29) is 12.1 Å². The van der Waals surface area contributed by atoms with Gasteiger partial charge in [0, 0.05) is 28.5 Å². The van der Waals surface area contributed by atoms with Gasteiger partial charge in [-0.1, -0.05) is 13.8 Å². The molecule has 1 unspecified atom stereocenters. The van der Waals surface area contributed by atoms with Crippen LogP contribution in [0.15, 0.2) is 14.3 Å². The van der Waals surface area contributed by atoms with E-state index in [1.54, 1.807) is 11.3 Å². The summed E-state index contributed by atoms with van der Waals surface area (Å²) in [7, 11) is 0. The quantitative estimate of drug-likeness (QED) is 0.640. The number of carbonyl (C=O) groups is 1. The lowest BCUT2D eigenvalue weighted by Crippen LogP contribution is -2.45. The molecule has 1 amide bonds. The molecule has 0 aliphatic heterocycles. The van der Waals surface area contributed by atoms with E-state index in [0.29, 0.717) is 12.5 Å². The van der Waals surface area contributed by atoms with Gasteiger partial charge in [-0.3, -0.25) is 0 Å². The molecular weight excluding hydrogens is 432 g/mol. The first-order valence-electron chi connectivity index (χ1n) is 7.22. The van der Waals surface area contributed by atoms with Crippen molar-refractivity contribution < 1.29 is 9.53 Å². The van der Waals surface area contributed by atoms with Crippen LogP contribution in [0, 0.1) is 5.92 Å². The fourth-order valence-electron chi connectivity index (χ4n) is 1.76. The van der Waals surface area contributed by atoms with Gasteiger partial charge in [-0.2, -0.15) is 0 Å². The van der Waals surface area contributed by atoms with Gasteiger partial charge in [-0.15, -0.1) is 11.3 Å². The highest BCUT2D eigenvalue weighted by Crippen LogP contribution is 2.32. The minimum atomic E-state index is -0.472. The van der Waals surface area contributed by atoms with Crippen LogP contribution in [0.2, 0.25) is 0 Å². The minimum Gasteiger partial charge on any atom is -0.444 e. The lowest BCUT2D eigenvalue weighted by molar-refractivity contribution is 0.0519. The minimum absolute atomic E-state index is 0.187. The van der Waals surface area contributed by atoms with E-state index in [4.69, 9.17) is 4.74 Å². The normalized spacial score (nSPS) is 13.3. The molecule has 1 aromatic rings. The Morgan fingerprint density at radius 2 is 2.00 bits per heavy atom. The Kier molecular flexibility index (Phi) is 7.85. The predicted octanol–water partition coefficient (Wildman–Crippen LogP) is 4.91. The number of carbonyl (C=O) groups excluding carboxylic acids is 1. The maximum atomic E-state index is 11.7. The molecule has 1 heterocycles. The molecule has 1 atom stereocenters. The van der Waals surface area contributed by atoms with Crippen molar-refractivity contribution in [3.63, 3.8) is 0 Å². The van der Waals surface area contributed by atoms with Gasteiger partial charge in [0.25, 0.3) is 0 Å². The van der Waals surface area contributed by atoms with E-state index in [0.717, 1.165) is 14.8 Å². The molecule has 0 spiro atoms. The van der Waals surface area contributed by atoms with Crippen molar-refractivity contribution in [1.82, 2.24) is 10.6 Å². The summed E-state index contributed by atoms with van der Waals surface area (Å²) in [6.45, 7) is 11.2. The van der Waals surface area contributed by atoms with E-state index < -0.39 is 5.60 Å². The number of hydrogen-bond donors (Lipinski definition) is 2. The molecule has 0 aliphatic carbocycles. The number of alkyl carbamates (subject to hydrolysis) is 1. The second-order valence-corrected chi connectivity index (χ2v) is 9.76. The van der Waals surface area contributed by atoms with Crippen LogP contribution in [-0.4, -0.2) is 24.3 Å². The van der Waals surface area contributed by atoms with Crippen LogP contribution in [0.25, 0.3) is 0 Å². The van der Waals surface area contributed by atoms with Gasteiger partial charge in [0.2, 0.25) is 0 Å². The van der Waals surface area contributed by atoms with Crippen LogP contribution >= 0.6 is 43.2 Å². The van der Waals surface area contributed by atoms with E-state index in [2.05, 4.69) is 62.4 Å². The maximum Gasteiger partial charge on any atom is 0.407 e. The summed E-state index contributed by atoms with van der Waals surface area (Å²) in [6.07, 6.45) is -0.374. The Morgan fingerprint density at radius 3 is 2.45 bits per heavy atom. The van der Waals surface area contributed by atoms with Gasteiger partial charge in [0.1, 0.15) is 5.60 Å². The standard InChI is InChI=1S/C15H24Br2N2O2S/c1-9(2)12(8-19-14(20)21-15(3,4)5)18-7-10-6-11(16)13(17)22-10/h6,9,12,18H,7-8H2,1-5H3,(H,19,20). The summed E-state index contributed by atoms with van der Waals surface area (Å²) in [4.78, 5) is 13.0. The highest BCUT2D eigenvalue weighted by Gasteiger charge is 2.19. The Hall–Kier alpha value is -0.110. The van der Waals surface area contributed by atoms with E-state index in [9.17, 15) is 4.79 Å². The topological polar surface area (TPSA) is 50.4 Å². The number of amides is 1. The molecule has 126 valence electrons. The molecule has 7 heteroatoms. The summed E-state index contributed by atoms with van der Waals surface area (Å²) in [5, 5.41) is 6.33. The van der Waals surface area contributed by atoms with Crippen LogP contribution < -0.4 is 10.6 Å². The Morgan fingerprint density at radius 1 is 1.36 bits per heavy atom. The SMILES string of the molecule is CC(C)C(CNC(=O)OC(C)(C)C)NCc1cc(Br)c(Br)s1. The average Bonchev–Trinajstić information content (AvgIpc) is 2.66. The van der Waals surface area contributed by atoms with Gasteiger partial charge in [-0.25, -0.2) is 4.79 Å². The lowest BCUT2D eigenvalue weighted by atomic mass is 10.0. The molecule has 0 radical (unpaired) electrons. The summed E-state index contributed by atoms with van der Waals surface area (Å²) >= 11 is 8.69. The first-order valence-corrected chi connectivity index (χ1v) is 9.62. The van der Waals surface area contributed by atoms with E-state index in [1.807, 2.05) is 20.8 Å². The molecule has 0 saturated carbocycles. The Bertz CT molecular complexity index is 479. The summed E-state index contributed by atoms with van der Waals surface area (Å²) in [6, 6.07) is 2.28. The Labute approximate surface area is 153 Å². The first-order chi connectivity index (χ1) is 10.1. The summed E-state index contributed by atoms with van der Waals surface area (Å²) < 4.78 is 7.43. The molecule has 1 aromatic heterocycles. The second-order valence-electron chi connectivity index (χ2n) is 6.45. The van der Waals surface area contributed by atoms with Crippen LogP contribution in [-0.2, 0) is 11.3 Å². The van der Waals surface area contributed by atoms with Crippen molar-refractivity contribution >= 4 is 49.3 Å². The summed E-state index contributed by atoms with van der Waals surface area (Å²) in [5.41, 5.74) is -0.472. The number of halogens is 2. The third kappa shape index (κ3) is 7.44. The van der Waals surface area contributed by atoms with Crippen molar-refractivity contribution in [2.75, 3.05) is 6.54 Å². The largest absolute Gasteiger partial charge is 0.444 e. The predicted molar refractivity (Wildman–Crippen MR) is 99.4 cm³/mol. The number of rotatable bonds is 6. The van der Waals surface area contributed by atoms with Gasteiger partial charge in [0.15, 0.2) is 0 Å². The van der Waals surface area contributed by atoms with Gasteiger partial charge >= 0.3 is 6.09 Å².